The van der Waals surface area contributed by atoms with Crippen LogP contribution in [0.15, 0.2) is 24.3 Å². The van der Waals surface area contributed by atoms with Gasteiger partial charge in [-0.1, -0.05) is 29.8 Å². The number of carbonyl (C=O) groups is 1. The van der Waals surface area contributed by atoms with Crippen molar-refractivity contribution in [1.82, 2.24) is 0 Å². The molecule has 2 nitrogen and oxygen atoms in total. The molecular weight excluding hydrogens is 245 g/mol. The van der Waals surface area contributed by atoms with Crippen LogP contribution in [-0.4, -0.2) is 17.3 Å². The number of aliphatic carboxylic acids is 1. The average molecular weight is 260 g/mol. The molecule has 1 aromatic carbocycles. The monoisotopic (exact) mass is 260 g/mol. The molecule has 0 radical (unpaired) electrons. The molecule has 1 atom stereocenters. The van der Waals surface area contributed by atoms with Crippen molar-refractivity contribution in [1.29, 1.82) is 0 Å². The molecule has 0 amide bonds. The van der Waals surface area contributed by atoms with Crippen LogP contribution in [0.5, 0.6) is 0 Å². The molecular formula is C13H15F3O2. The Bertz CT molecular complexity index is 396. The van der Waals surface area contributed by atoms with Crippen LogP contribution in [0.1, 0.15) is 36.3 Å². The minimum atomic E-state index is -4.23. The maximum Gasteiger partial charge on any atom is 0.389 e. The fourth-order valence-electron chi connectivity index (χ4n) is 1.74. The molecule has 1 aromatic rings. The number of halogens is 3. The average Bonchev–Trinajstić information content (AvgIpc) is 2.24. The van der Waals surface area contributed by atoms with Gasteiger partial charge in [-0.3, -0.25) is 4.79 Å². The molecule has 1 N–H and O–H groups in total. The van der Waals surface area contributed by atoms with Crippen LogP contribution in [0.4, 0.5) is 13.2 Å². The van der Waals surface area contributed by atoms with Crippen molar-refractivity contribution in [2.45, 2.75) is 38.3 Å². The first kappa shape index (κ1) is 14.5. The summed E-state index contributed by atoms with van der Waals surface area (Å²) >= 11 is 0. The molecule has 0 aliphatic heterocycles. The second-order valence-electron chi connectivity index (χ2n) is 4.31. The Kier molecular flexibility index (Phi) is 4.76. The summed E-state index contributed by atoms with van der Waals surface area (Å²) in [5.74, 6) is -1.95. The molecule has 0 saturated heterocycles. The van der Waals surface area contributed by atoms with E-state index in [-0.39, 0.29) is 12.8 Å². The highest BCUT2D eigenvalue weighted by Crippen LogP contribution is 2.27. The topological polar surface area (TPSA) is 37.3 Å². The lowest BCUT2D eigenvalue weighted by atomic mass is 9.93. The third-order valence-electron chi connectivity index (χ3n) is 2.73. The second-order valence-corrected chi connectivity index (χ2v) is 4.31. The van der Waals surface area contributed by atoms with Gasteiger partial charge in [0.2, 0.25) is 0 Å². The second kappa shape index (κ2) is 5.89. The quantitative estimate of drug-likeness (QED) is 0.871. The van der Waals surface area contributed by atoms with Gasteiger partial charge in [0, 0.05) is 6.42 Å². The molecule has 0 spiro atoms. The van der Waals surface area contributed by atoms with E-state index in [2.05, 4.69) is 0 Å². The van der Waals surface area contributed by atoms with Gasteiger partial charge in [0.25, 0.3) is 0 Å². The molecule has 0 aromatic heterocycles. The summed E-state index contributed by atoms with van der Waals surface area (Å²) in [5.41, 5.74) is 1.54. The van der Waals surface area contributed by atoms with Gasteiger partial charge in [0.15, 0.2) is 0 Å². The van der Waals surface area contributed by atoms with Gasteiger partial charge in [-0.25, -0.2) is 0 Å². The molecule has 0 aliphatic rings. The Labute approximate surface area is 103 Å². The summed E-state index contributed by atoms with van der Waals surface area (Å²) in [6.45, 7) is 1.86. The number of hydrogen-bond acceptors (Lipinski definition) is 1. The normalized spacial score (nSPS) is 13.3. The van der Waals surface area contributed by atoms with Gasteiger partial charge < -0.3 is 5.11 Å². The van der Waals surface area contributed by atoms with Gasteiger partial charge in [0.05, 0.1) is 5.92 Å². The van der Waals surface area contributed by atoms with E-state index >= 15 is 0 Å². The molecule has 100 valence electrons. The van der Waals surface area contributed by atoms with Crippen molar-refractivity contribution < 1.29 is 23.1 Å². The lowest BCUT2D eigenvalue weighted by molar-refractivity contribution is -0.142. The summed E-state index contributed by atoms with van der Waals surface area (Å²) in [6.07, 6.45) is -5.34. The van der Waals surface area contributed by atoms with Gasteiger partial charge >= 0.3 is 12.1 Å². The number of aryl methyl sites for hydroxylation is 1. The fourth-order valence-corrected chi connectivity index (χ4v) is 1.74. The molecule has 5 heteroatoms. The van der Waals surface area contributed by atoms with E-state index in [0.29, 0.717) is 5.56 Å². The van der Waals surface area contributed by atoms with Crippen molar-refractivity contribution in [3.05, 3.63) is 35.4 Å². The van der Waals surface area contributed by atoms with Gasteiger partial charge in [0.1, 0.15) is 0 Å². The molecule has 1 rings (SSSR count). The summed E-state index contributed by atoms with van der Waals surface area (Å²) < 4.78 is 36.0. The zero-order chi connectivity index (χ0) is 13.8. The van der Waals surface area contributed by atoms with Crippen molar-refractivity contribution in [3.8, 4) is 0 Å². The van der Waals surface area contributed by atoms with E-state index in [1.54, 1.807) is 24.3 Å². The molecule has 0 heterocycles. The van der Waals surface area contributed by atoms with Crippen molar-refractivity contribution in [3.63, 3.8) is 0 Å². The molecule has 0 aliphatic carbocycles. The summed E-state index contributed by atoms with van der Waals surface area (Å²) in [6, 6.07) is 6.83. The van der Waals surface area contributed by atoms with Gasteiger partial charge in [-0.15, -0.1) is 0 Å². The Balaban J connectivity index is 2.66. The van der Waals surface area contributed by atoms with Crippen LogP contribution in [0.3, 0.4) is 0 Å². The number of carboxylic acid groups (broad SMARTS) is 1. The third-order valence-corrected chi connectivity index (χ3v) is 2.73. The zero-order valence-corrected chi connectivity index (χ0v) is 10.00. The molecule has 18 heavy (non-hydrogen) atoms. The number of carboxylic acids is 1. The minimum Gasteiger partial charge on any atom is -0.481 e. The molecule has 0 fully saturated rings. The SMILES string of the molecule is Cc1ccc(C(CCCC(F)(F)F)C(=O)O)cc1. The lowest BCUT2D eigenvalue weighted by Crippen LogP contribution is -2.14. The lowest BCUT2D eigenvalue weighted by Gasteiger charge is -2.13. The van der Waals surface area contributed by atoms with Gasteiger partial charge in [-0.05, 0) is 25.3 Å². The predicted octanol–water partition coefficient (Wildman–Crippen LogP) is 3.90. The van der Waals surface area contributed by atoms with E-state index < -0.39 is 24.5 Å². The van der Waals surface area contributed by atoms with Crippen molar-refractivity contribution in [2.24, 2.45) is 0 Å². The van der Waals surface area contributed by atoms with E-state index in [1.165, 1.54) is 0 Å². The van der Waals surface area contributed by atoms with E-state index in [1.807, 2.05) is 6.92 Å². The fraction of sp³-hybridized carbons (Fsp3) is 0.462. The van der Waals surface area contributed by atoms with Crippen LogP contribution < -0.4 is 0 Å². The minimum absolute atomic E-state index is 0.00208. The van der Waals surface area contributed by atoms with E-state index in [0.717, 1.165) is 5.56 Å². The molecule has 1 unspecified atom stereocenters. The van der Waals surface area contributed by atoms with Crippen LogP contribution >= 0.6 is 0 Å². The Morgan fingerprint density at radius 2 is 1.83 bits per heavy atom. The number of alkyl halides is 3. The zero-order valence-electron chi connectivity index (χ0n) is 10.00. The summed E-state index contributed by atoms with van der Waals surface area (Å²) in [7, 11) is 0. The van der Waals surface area contributed by atoms with Crippen LogP contribution in [-0.2, 0) is 4.79 Å². The first-order valence-corrected chi connectivity index (χ1v) is 5.66. The van der Waals surface area contributed by atoms with Crippen LogP contribution in [0.25, 0.3) is 0 Å². The number of benzene rings is 1. The highest BCUT2D eigenvalue weighted by molar-refractivity contribution is 5.76. The molecule has 0 bridgehead atoms. The molecule has 0 saturated carbocycles. The highest BCUT2D eigenvalue weighted by atomic mass is 19.4. The van der Waals surface area contributed by atoms with Crippen molar-refractivity contribution >= 4 is 5.97 Å². The van der Waals surface area contributed by atoms with Crippen LogP contribution in [0.2, 0.25) is 0 Å². The van der Waals surface area contributed by atoms with E-state index in [9.17, 15) is 18.0 Å². The maximum atomic E-state index is 12.0. The standard InChI is InChI=1S/C13H15F3O2/c1-9-4-6-10(7-5-9)11(12(17)18)3-2-8-13(14,15)16/h4-7,11H,2-3,8H2,1H3,(H,17,18). The summed E-state index contributed by atoms with van der Waals surface area (Å²) in [4.78, 5) is 11.1. The Morgan fingerprint density at radius 1 is 1.28 bits per heavy atom. The third kappa shape index (κ3) is 4.77. The number of hydrogen-bond donors (Lipinski definition) is 1. The first-order chi connectivity index (χ1) is 8.29. The highest BCUT2D eigenvalue weighted by Gasteiger charge is 2.28. The Hall–Kier alpha value is -1.52. The van der Waals surface area contributed by atoms with Crippen LogP contribution in [0, 0.1) is 6.92 Å². The smallest absolute Gasteiger partial charge is 0.389 e. The van der Waals surface area contributed by atoms with Gasteiger partial charge in [-0.2, -0.15) is 13.2 Å². The Morgan fingerprint density at radius 3 is 2.28 bits per heavy atom. The van der Waals surface area contributed by atoms with E-state index in [4.69, 9.17) is 5.11 Å². The number of rotatable bonds is 5. The maximum absolute atomic E-state index is 12.0. The van der Waals surface area contributed by atoms with Crippen molar-refractivity contribution in [2.75, 3.05) is 0 Å². The summed E-state index contributed by atoms with van der Waals surface area (Å²) in [5, 5.41) is 9.04. The largest absolute Gasteiger partial charge is 0.481 e. The first-order valence-electron chi connectivity index (χ1n) is 5.66. The predicted molar refractivity (Wildman–Crippen MR) is 61.5 cm³/mol.